The highest BCUT2D eigenvalue weighted by Crippen LogP contribution is 2.28. The van der Waals surface area contributed by atoms with E-state index >= 15 is 0 Å². The Morgan fingerprint density at radius 1 is 1.19 bits per heavy atom. The van der Waals surface area contributed by atoms with Gasteiger partial charge in [-0.15, -0.1) is 11.3 Å². The van der Waals surface area contributed by atoms with Gasteiger partial charge in [-0.25, -0.2) is 4.79 Å². The van der Waals surface area contributed by atoms with Gasteiger partial charge in [0.1, 0.15) is 0 Å². The summed E-state index contributed by atoms with van der Waals surface area (Å²) in [6.45, 7) is 2.75. The van der Waals surface area contributed by atoms with Crippen molar-refractivity contribution in [1.29, 1.82) is 0 Å². The van der Waals surface area contributed by atoms with Crippen molar-refractivity contribution >= 4 is 23.2 Å². The highest BCUT2D eigenvalue weighted by molar-refractivity contribution is 7.09. The van der Waals surface area contributed by atoms with Gasteiger partial charge >= 0.3 is 5.97 Å². The number of carbonyl (C=O) groups excluding carboxylic acids is 2. The number of amides is 1. The second-order valence-electron chi connectivity index (χ2n) is 5.50. The number of unbranched alkanes of at least 4 members (excludes halogenated alkanes) is 1. The van der Waals surface area contributed by atoms with Crippen LogP contribution in [0.2, 0.25) is 0 Å². The minimum Gasteiger partial charge on any atom is -0.493 e. The Hall–Kier alpha value is -2.54. The third kappa shape index (κ3) is 6.07. The molecule has 0 aliphatic rings. The van der Waals surface area contributed by atoms with Crippen molar-refractivity contribution in [3.63, 3.8) is 0 Å². The highest BCUT2D eigenvalue weighted by Gasteiger charge is 2.14. The molecule has 140 valence electrons. The Balaban J connectivity index is 1.85. The number of rotatable bonds is 10. The Bertz CT molecular complexity index is 715. The standard InChI is InChI=1S/C19H23NO5S/c1-3-4-9-24-16-8-7-14(11-17(16)23-2)19(22)25-13-18(21)20-12-15-6-5-10-26-15/h5-8,10-11H,3-4,9,12-13H2,1-2H3,(H,20,21). The first-order valence-electron chi connectivity index (χ1n) is 8.41. The van der Waals surface area contributed by atoms with Crippen molar-refractivity contribution < 1.29 is 23.8 Å². The molecule has 1 heterocycles. The molecular weight excluding hydrogens is 354 g/mol. The molecule has 0 saturated carbocycles. The van der Waals surface area contributed by atoms with Crippen LogP contribution in [0.4, 0.5) is 0 Å². The van der Waals surface area contributed by atoms with Crippen molar-refractivity contribution in [2.75, 3.05) is 20.3 Å². The van der Waals surface area contributed by atoms with Crippen LogP contribution in [-0.4, -0.2) is 32.2 Å². The van der Waals surface area contributed by atoms with Crippen molar-refractivity contribution in [1.82, 2.24) is 5.32 Å². The van der Waals surface area contributed by atoms with Gasteiger partial charge in [0.15, 0.2) is 18.1 Å². The molecule has 0 radical (unpaired) electrons. The normalized spacial score (nSPS) is 10.2. The minimum absolute atomic E-state index is 0.302. The molecule has 2 rings (SSSR count). The molecule has 0 aliphatic heterocycles. The van der Waals surface area contributed by atoms with Crippen molar-refractivity contribution in [3.8, 4) is 11.5 Å². The van der Waals surface area contributed by atoms with Crippen LogP contribution in [0.25, 0.3) is 0 Å². The van der Waals surface area contributed by atoms with Gasteiger partial charge in [-0.1, -0.05) is 19.4 Å². The van der Waals surface area contributed by atoms with Crippen LogP contribution in [0.15, 0.2) is 35.7 Å². The van der Waals surface area contributed by atoms with Crippen LogP contribution in [0.5, 0.6) is 11.5 Å². The quantitative estimate of drug-likeness (QED) is 0.507. The number of thiophene rings is 1. The van der Waals surface area contributed by atoms with E-state index in [4.69, 9.17) is 14.2 Å². The van der Waals surface area contributed by atoms with E-state index < -0.39 is 5.97 Å². The van der Waals surface area contributed by atoms with Crippen LogP contribution in [0.1, 0.15) is 35.0 Å². The second-order valence-corrected chi connectivity index (χ2v) is 6.53. The topological polar surface area (TPSA) is 73.9 Å². The van der Waals surface area contributed by atoms with E-state index in [1.165, 1.54) is 7.11 Å². The molecule has 0 atom stereocenters. The summed E-state index contributed by atoms with van der Waals surface area (Å²) in [5.74, 6) is 0.0943. The third-order valence-electron chi connectivity index (χ3n) is 3.53. The lowest BCUT2D eigenvalue weighted by Crippen LogP contribution is -2.28. The number of ether oxygens (including phenoxy) is 3. The van der Waals surface area contributed by atoms with Crippen molar-refractivity contribution in [2.45, 2.75) is 26.3 Å². The van der Waals surface area contributed by atoms with Gasteiger partial charge in [0.25, 0.3) is 5.91 Å². The number of hydrogen-bond donors (Lipinski definition) is 1. The molecule has 0 unspecified atom stereocenters. The van der Waals surface area contributed by atoms with Gasteiger partial charge in [0.05, 0.1) is 25.8 Å². The zero-order valence-corrected chi connectivity index (χ0v) is 15.8. The smallest absolute Gasteiger partial charge is 0.338 e. The summed E-state index contributed by atoms with van der Waals surface area (Å²) in [4.78, 5) is 24.9. The van der Waals surface area contributed by atoms with Gasteiger partial charge in [0.2, 0.25) is 0 Å². The minimum atomic E-state index is -0.588. The molecule has 0 aliphatic carbocycles. The fourth-order valence-electron chi connectivity index (χ4n) is 2.10. The maximum atomic E-state index is 12.1. The van der Waals surface area contributed by atoms with Gasteiger partial charge < -0.3 is 19.5 Å². The zero-order valence-electron chi connectivity index (χ0n) is 14.9. The Labute approximate surface area is 157 Å². The zero-order chi connectivity index (χ0) is 18.8. The predicted octanol–water partition coefficient (Wildman–Crippen LogP) is 3.41. The van der Waals surface area contributed by atoms with Gasteiger partial charge in [0, 0.05) is 4.88 Å². The molecule has 0 saturated heterocycles. The number of benzene rings is 1. The van der Waals surface area contributed by atoms with Gasteiger partial charge in [-0.05, 0) is 36.1 Å². The maximum absolute atomic E-state index is 12.1. The molecule has 0 fully saturated rings. The fraction of sp³-hybridized carbons (Fsp3) is 0.368. The maximum Gasteiger partial charge on any atom is 0.338 e. The van der Waals surface area contributed by atoms with E-state index in [0.29, 0.717) is 30.2 Å². The van der Waals surface area contributed by atoms with Crippen molar-refractivity contribution in [3.05, 3.63) is 46.2 Å². The first kappa shape index (κ1) is 19.8. The molecule has 0 spiro atoms. The van der Waals surface area contributed by atoms with Crippen LogP contribution >= 0.6 is 11.3 Å². The summed E-state index contributed by atoms with van der Waals surface area (Å²) in [6, 6.07) is 8.65. The van der Waals surface area contributed by atoms with E-state index in [0.717, 1.165) is 17.7 Å². The molecule has 1 N–H and O–H groups in total. The Morgan fingerprint density at radius 2 is 2.04 bits per heavy atom. The summed E-state index contributed by atoms with van der Waals surface area (Å²) >= 11 is 1.55. The summed E-state index contributed by atoms with van der Waals surface area (Å²) in [6.07, 6.45) is 1.97. The highest BCUT2D eigenvalue weighted by atomic mass is 32.1. The van der Waals surface area contributed by atoms with Gasteiger partial charge in [-0.2, -0.15) is 0 Å². The summed E-state index contributed by atoms with van der Waals surface area (Å²) in [5.41, 5.74) is 0.302. The molecule has 1 amide bonds. The van der Waals surface area contributed by atoms with E-state index in [1.807, 2.05) is 17.5 Å². The van der Waals surface area contributed by atoms with E-state index in [2.05, 4.69) is 12.2 Å². The van der Waals surface area contributed by atoms with E-state index in [-0.39, 0.29) is 12.5 Å². The van der Waals surface area contributed by atoms with E-state index in [9.17, 15) is 9.59 Å². The fourth-order valence-corrected chi connectivity index (χ4v) is 2.75. The predicted molar refractivity (Wildman–Crippen MR) is 99.8 cm³/mol. The second kappa shape index (κ2) is 10.5. The Morgan fingerprint density at radius 3 is 2.73 bits per heavy atom. The molecule has 6 nitrogen and oxygen atoms in total. The van der Waals surface area contributed by atoms with Gasteiger partial charge in [-0.3, -0.25) is 4.79 Å². The molecule has 1 aromatic carbocycles. The van der Waals surface area contributed by atoms with Crippen LogP contribution in [0, 0.1) is 0 Å². The molecule has 0 bridgehead atoms. The number of methoxy groups -OCH3 is 1. The monoisotopic (exact) mass is 377 g/mol. The number of hydrogen-bond acceptors (Lipinski definition) is 6. The average Bonchev–Trinajstić information content (AvgIpc) is 3.18. The third-order valence-corrected chi connectivity index (χ3v) is 4.41. The first-order chi connectivity index (χ1) is 12.6. The Kier molecular flexibility index (Phi) is 7.95. The molecule has 1 aromatic heterocycles. The lowest BCUT2D eigenvalue weighted by Gasteiger charge is -2.12. The summed E-state index contributed by atoms with van der Waals surface area (Å²) in [7, 11) is 1.51. The SMILES string of the molecule is CCCCOc1ccc(C(=O)OCC(=O)NCc2cccs2)cc1OC. The average molecular weight is 377 g/mol. The molecule has 2 aromatic rings. The molecule has 7 heteroatoms. The molecule has 26 heavy (non-hydrogen) atoms. The summed E-state index contributed by atoms with van der Waals surface area (Å²) in [5, 5.41) is 4.64. The molecular formula is C19H23NO5S. The van der Waals surface area contributed by atoms with E-state index in [1.54, 1.807) is 29.5 Å². The summed E-state index contributed by atoms with van der Waals surface area (Å²) < 4.78 is 15.9. The first-order valence-corrected chi connectivity index (χ1v) is 9.29. The lowest BCUT2D eigenvalue weighted by atomic mass is 10.2. The van der Waals surface area contributed by atoms with Crippen LogP contribution in [-0.2, 0) is 16.1 Å². The van der Waals surface area contributed by atoms with Crippen molar-refractivity contribution in [2.24, 2.45) is 0 Å². The number of nitrogens with one attached hydrogen (secondary N) is 1. The lowest BCUT2D eigenvalue weighted by molar-refractivity contribution is -0.124. The van der Waals surface area contributed by atoms with Crippen LogP contribution < -0.4 is 14.8 Å². The number of carbonyl (C=O) groups is 2. The van der Waals surface area contributed by atoms with Crippen LogP contribution in [0.3, 0.4) is 0 Å². The largest absolute Gasteiger partial charge is 0.493 e. The number of esters is 1.